The molecule has 84 heavy (non-hydrogen) atoms. The number of carbonyl (C=O) groups is 3. The van der Waals surface area contributed by atoms with Crippen LogP contribution in [0, 0.1) is 0 Å². The summed E-state index contributed by atoms with van der Waals surface area (Å²) in [6, 6.07) is 0. The minimum Gasteiger partial charge on any atom is -0.545 e. The van der Waals surface area contributed by atoms with Gasteiger partial charge in [0, 0.05) is 12.8 Å². The van der Waals surface area contributed by atoms with Crippen LogP contribution in [0.5, 0.6) is 0 Å². The molecule has 0 aliphatic heterocycles. The molecule has 0 aliphatic carbocycles. The normalized spacial score (nSPS) is 13.3. The average molecular weight is 1170 g/mol. The molecule has 0 aromatic carbocycles. The highest BCUT2D eigenvalue weighted by Crippen LogP contribution is 2.18. The Morgan fingerprint density at radius 1 is 0.369 bits per heavy atom. The second kappa shape index (κ2) is 65.2. The van der Waals surface area contributed by atoms with E-state index in [4.69, 9.17) is 18.9 Å². The summed E-state index contributed by atoms with van der Waals surface area (Å²) in [6.45, 7) is 4.63. The molecule has 0 rings (SSSR count). The monoisotopic (exact) mass is 1170 g/mol. The standard InChI is InChI=1S/C75H131NO8/c1-6-8-10-12-14-16-18-20-22-24-26-28-30-32-34-36-38-39-41-43-45-47-49-51-53-55-57-59-61-63-65-72(77)82-69-71(70-83-75(74(79)80)81-68-67-76(3,4)5)84-73(78)66-64-62-60-58-56-54-52-50-48-46-44-42-40-37-35-33-31-29-27-25-23-21-19-17-15-13-11-9-7-2/h9,11,15,17,21,23,27,29,33,35,40,42,46,48,52,54,71,75H,6-8,10,12-14,16,18-20,22,24-26,28,30-32,34,36-39,41,43-45,47,49-51,53,55-70H2,1-5H3/b11-9-,17-15-,23-21-,29-27-,35-33-,42-40-,48-46-,54-52-. The number of rotatable bonds is 64. The molecule has 0 aromatic rings. The third-order valence-corrected chi connectivity index (χ3v) is 15.1. The maximum Gasteiger partial charge on any atom is 0.306 e. The maximum atomic E-state index is 12.9. The van der Waals surface area contributed by atoms with Crippen LogP contribution in [-0.2, 0) is 33.3 Å². The van der Waals surface area contributed by atoms with Crippen LogP contribution < -0.4 is 5.11 Å². The van der Waals surface area contributed by atoms with Gasteiger partial charge in [-0.3, -0.25) is 9.59 Å². The molecule has 9 nitrogen and oxygen atoms in total. The lowest BCUT2D eigenvalue weighted by Gasteiger charge is -2.26. The third-order valence-electron chi connectivity index (χ3n) is 15.1. The van der Waals surface area contributed by atoms with Gasteiger partial charge in [0.1, 0.15) is 13.2 Å². The number of carboxylic acids is 1. The fraction of sp³-hybridized carbons (Fsp3) is 0.747. The maximum absolute atomic E-state index is 12.9. The lowest BCUT2D eigenvalue weighted by atomic mass is 10.0. The summed E-state index contributed by atoms with van der Waals surface area (Å²) in [6.07, 6.45) is 86.4. The quantitative estimate of drug-likeness (QED) is 0.0195. The first-order valence-electron chi connectivity index (χ1n) is 34.9. The average Bonchev–Trinajstić information content (AvgIpc) is 3.55. The van der Waals surface area contributed by atoms with E-state index < -0.39 is 24.3 Å². The zero-order valence-corrected chi connectivity index (χ0v) is 55.3. The number of ether oxygens (including phenoxy) is 4. The van der Waals surface area contributed by atoms with Gasteiger partial charge in [0.05, 0.1) is 40.3 Å². The van der Waals surface area contributed by atoms with Gasteiger partial charge in [-0.1, -0.05) is 310 Å². The number of quaternary nitrogens is 1. The SMILES string of the molecule is CC/C=C\C/C=C\C/C=C\C/C=C\C/C=C\C/C=C\C/C=C\C/C=C\CCCCCCC(=O)OC(COC(=O)CCCCCCCCCCCCCCCCCCCCCCCCCCCCCCCC)COC(OCC[N+](C)(C)C)C(=O)[O-]. The van der Waals surface area contributed by atoms with Crippen LogP contribution >= 0.6 is 0 Å². The largest absolute Gasteiger partial charge is 0.545 e. The molecule has 0 bridgehead atoms. The number of hydrogen-bond donors (Lipinski definition) is 0. The number of carboxylic acid groups (broad SMARTS) is 1. The highest BCUT2D eigenvalue weighted by molar-refractivity contribution is 5.70. The summed E-state index contributed by atoms with van der Waals surface area (Å²) in [4.78, 5) is 37.5. The Balaban J connectivity index is 4.18. The Hall–Kier alpha value is -3.79. The van der Waals surface area contributed by atoms with Gasteiger partial charge in [-0.2, -0.15) is 0 Å². The molecule has 2 atom stereocenters. The Bertz CT molecular complexity index is 1700. The zero-order valence-electron chi connectivity index (χ0n) is 55.3. The summed E-state index contributed by atoms with van der Waals surface area (Å²) in [5, 5.41) is 11.8. The topological polar surface area (TPSA) is 111 Å². The van der Waals surface area contributed by atoms with Crippen molar-refractivity contribution in [2.24, 2.45) is 0 Å². The molecule has 0 aliphatic rings. The molecule has 9 heteroatoms. The van der Waals surface area contributed by atoms with Crippen LogP contribution in [0.15, 0.2) is 97.2 Å². The predicted molar refractivity (Wildman–Crippen MR) is 357 cm³/mol. The zero-order chi connectivity index (χ0) is 61.2. The van der Waals surface area contributed by atoms with E-state index in [9.17, 15) is 19.5 Å². The fourth-order valence-electron chi connectivity index (χ4n) is 9.79. The van der Waals surface area contributed by atoms with Gasteiger partial charge in [-0.25, -0.2) is 0 Å². The smallest absolute Gasteiger partial charge is 0.306 e. The highest BCUT2D eigenvalue weighted by atomic mass is 16.7. The Labute approximate surface area is 518 Å². The van der Waals surface area contributed by atoms with Gasteiger partial charge >= 0.3 is 11.9 Å². The van der Waals surface area contributed by atoms with Crippen LogP contribution in [-0.4, -0.2) is 82.3 Å². The number of hydrogen-bond acceptors (Lipinski definition) is 8. The van der Waals surface area contributed by atoms with Crippen LogP contribution in [0.2, 0.25) is 0 Å². The number of aliphatic carboxylic acids is 1. The van der Waals surface area contributed by atoms with Crippen molar-refractivity contribution in [2.45, 2.75) is 315 Å². The van der Waals surface area contributed by atoms with Crippen molar-refractivity contribution in [2.75, 3.05) is 47.5 Å². The second-order valence-corrected chi connectivity index (χ2v) is 24.4. The number of allylic oxidation sites excluding steroid dienone is 16. The van der Waals surface area contributed by atoms with Crippen molar-refractivity contribution < 1.29 is 42.9 Å². The first-order chi connectivity index (χ1) is 41.1. The predicted octanol–water partition coefficient (Wildman–Crippen LogP) is 20.3. The molecule has 0 radical (unpaired) electrons. The first-order valence-corrected chi connectivity index (χ1v) is 34.9. The summed E-state index contributed by atoms with van der Waals surface area (Å²) in [7, 11) is 5.92. The summed E-state index contributed by atoms with van der Waals surface area (Å²) in [5.41, 5.74) is 0. The molecular weight excluding hydrogens is 1040 g/mol. The van der Waals surface area contributed by atoms with E-state index in [2.05, 4.69) is 111 Å². The number of unbranched alkanes of at least 4 members (excludes halogenated alkanes) is 33. The lowest BCUT2D eigenvalue weighted by molar-refractivity contribution is -0.870. The Kier molecular flexibility index (Phi) is 62.2. The summed E-state index contributed by atoms with van der Waals surface area (Å²) < 4.78 is 22.8. The minimum atomic E-state index is -1.63. The second-order valence-electron chi connectivity index (χ2n) is 24.4. The van der Waals surface area contributed by atoms with E-state index in [0.717, 1.165) is 96.3 Å². The van der Waals surface area contributed by atoms with Crippen molar-refractivity contribution >= 4 is 17.9 Å². The van der Waals surface area contributed by atoms with Gasteiger partial charge in [-0.05, 0) is 77.0 Å². The molecule has 0 saturated carbocycles. The number of nitrogens with zero attached hydrogens (tertiary/aromatic N) is 1. The molecule has 0 spiro atoms. The molecule has 0 N–H and O–H groups in total. The van der Waals surface area contributed by atoms with Gasteiger partial charge in [0.2, 0.25) is 0 Å². The van der Waals surface area contributed by atoms with Crippen LogP contribution in [0.3, 0.4) is 0 Å². The molecule has 2 unspecified atom stereocenters. The molecule has 0 amide bonds. The van der Waals surface area contributed by atoms with Crippen molar-refractivity contribution in [1.82, 2.24) is 0 Å². The number of carbonyl (C=O) groups excluding carboxylic acids is 3. The van der Waals surface area contributed by atoms with E-state index in [0.29, 0.717) is 17.4 Å². The fourth-order valence-corrected chi connectivity index (χ4v) is 9.79. The first kappa shape index (κ1) is 80.2. The van der Waals surface area contributed by atoms with Gasteiger partial charge in [0.25, 0.3) is 0 Å². The third kappa shape index (κ3) is 65.7. The minimum absolute atomic E-state index is 0.139. The van der Waals surface area contributed by atoms with Gasteiger partial charge < -0.3 is 33.3 Å². The van der Waals surface area contributed by atoms with E-state index >= 15 is 0 Å². The number of esters is 2. The van der Waals surface area contributed by atoms with Crippen molar-refractivity contribution in [1.29, 1.82) is 0 Å². The van der Waals surface area contributed by atoms with E-state index in [-0.39, 0.29) is 38.6 Å². The summed E-state index contributed by atoms with van der Waals surface area (Å²) in [5.74, 6) is -2.31. The van der Waals surface area contributed by atoms with Gasteiger partial charge in [-0.15, -0.1) is 0 Å². The lowest BCUT2D eigenvalue weighted by Crippen LogP contribution is -2.44. The molecule has 0 aromatic heterocycles. The molecule has 484 valence electrons. The molecule has 0 saturated heterocycles. The van der Waals surface area contributed by atoms with E-state index in [1.165, 1.54) is 173 Å². The van der Waals surface area contributed by atoms with E-state index in [1.54, 1.807) is 0 Å². The molecular formula is C75H131NO8. The number of likely N-dealkylation sites (N-methyl/N-ethyl adjacent to an activating group) is 1. The van der Waals surface area contributed by atoms with Crippen molar-refractivity contribution in [3.05, 3.63) is 97.2 Å². The van der Waals surface area contributed by atoms with Crippen LogP contribution in [0.25, 0.3) is 0 Å². The Morgan fingerprint density at radius 2 is 0.679 bits per heavy atom. The van der Waals surface area contributed by atoms with Gasteiger partial charge in [0.15, 0.2) is 12.4 Å². The van der Waals surface area contributed by atoms with Crippen molar-refractivity contribution in [3.8, 4) is 0 Å². The highest BCUT2D eigenvalue weighted by Gasteiger charge is 2.22. The molecule has 0 fully saturated rings. The van der Waals surface area contributed by atoms with Crippen LogP contribution in [0.1, 0.15) is 303 Å². The van der Waals surface area contributed by atoms with Crippen LogP contribution in [0.4, 0.5) is 0 Å². The van der Waals surface area contributed by atoms with Crippen molar-refractivity contribution in [3.63, 3.8) is 0 Å². The van der Waals surface area contributed by atoms with E-state index in [1.807, 2.05) is 21.1 Å². The Morgan fingerprint density at radius 3 is 1.01 bits per heavy atom. The summed E-state index contributed by atoms with van der Waals surface area (Å²) >= 11 is 0. The molecule has 0 heterocycles.